The fraction of sp³-hybridized carbons (Fsp3) is 0.211. The van der Waals surface area contributed by atoms with Crippen molar-refractivity contribution in [3.05, 3.63) is 47.5 Å². The van der Waals surface area contributed by atoms with Gasteiger partial charge in [0.05, 0.1) is 34.0 Å². The average Bonchev–Trinajstić information content (AvgIpc) is 2.64. The predicted molar refractivity (Wildman–Crippen MR) is 94.1 cm³/mol. The van der Waals surface area contributed by atoms with Crippen molar-refractivity contribution in [2.75, 3.05) is 28.4 Å². The first kappa shape index (κ1) is 18.2. The van der Waals surface area contributed by atoms with Gasteiger partial charge in [-0.05, 0) is 24.3 Å². The van der Waals surface area contributed by atoms with Crippen molar-refractivity contribution < 1.29 is 28.8 Å². The second-order valence-corrected chi connectivity index (χ2v) is 5.00. The minimum absolute atomic E-state index is 0.0905. The summed E-state index contributed by atoms with van der Waals surface area (Å²) in [5.74, 6) is 1.29. The van der Waals surface area contributed by atoms with E-state index in [2.05, 4.69) is 0 Å². The van der Waals surface area contributed by atoms with Gasteiger partial charge in [0.15, 0.2) is 5.78 Å². The van der Waals surface area contributed by atoms with Crippen molar-refractivity contribution >= 4 is 11.9 Å². The number of benzene rings is 2. The summed E-state index contributed by atoms with van der Waals surface area (Å²) in [5, 5.41) is 9.96. The van der Waals surface area contributed by atoms with E-state index in [-0.39, 0.29) is 11.3 Å². The molecule has 0 unspecified atom stereocenters. The predicted octanol–water partition coefficient (Wildman–Crippen LogP) is 3.32. The minimum Gasteiger partial charge on any atom is -0.507 e. The van der Waals surface area contributed by atoms with Crippen LogP contribution in [-0.4, -0.2) is 39.3 Å². The second-order valence-electron chi connectivity index (χ2n) is 5.00. The van der Waals surface area contributed by atoms with Crippen LogP contribution in [0.4, 0.5) is 0 Å². The van der Waals surface area contributed by atoms with Crippen LogP contribution in [0, 0.1) is 0 Å². The maximum absolute atomic E-state index is 12.5. The van der Waals surface area contributed by atoms with Crippen LogP contribution in [0.15, 0.2) is 36.4 Å². The van der Waals surface area contributed by atoms with Gasteiger partial charge in [-0.3, -0.25) is 4.79 Å². The molecule has 6 nitrogen and oxygen atoms in total. The lowest BCUT2D eigenvalue weighted by molar-refractivity contribution is 0.104. The van der Waals surface area contributed by atoms with Crippen LogP contribution in [0.2, 0.25) is 0 Å². The molecule has 2 aromatic rings. The van der Waals surface area contributed by atoms with Crippen LogP contribution >= 0.6 is 0 Å². The lowest BCUT2D eigenvalue weighted by atomic mass is 10.1. The first-order chi connectivity index (χ1) is 12.0. The number of hydrogen-bond donors (Lipinski definition) is 1. The van der Waals surface area contributed by atoms with E-state index in [1.807, 2.05) is 0 Å². The van der Waals surface area contributed by atoms with E-state index >= 15 is 0 Å². The summed E-state index contributed by atoms with van der Waals surface area (Å²) in [5.41, 5.74) is 0.668. The number of methoxy groups -OCH3 is 4. The van der Waals surface area contributed by atoms with Crippen LogP contribution in [0.5, 0.6) is 28.7 Å². The molecular weight excluding hydrogens is 324 g/mol. The zero-order valence-corrected chi connectivity index (χ0v) is 14.5. The number of phenols is 1. The molecule has 1 N–H and O–H groups in total. The van der Waals surface area contributed by atoms with E-state index in [4.69, 9.17) is 18.9 Å². The van der Waals surface area contributed by atoms with Crippen molar-refractivity contribution in [1.29, 1.82) is 0 Å². The zero-order valence-electron chi connectivity index (χ0n) is 14.5. The van der Waals surface area contributed by atoms with Gasteiger partial charge in [-0.15, -0.1) is 0 Å². The molecular formula is C19H20O6. The summed E-state index contributed by atoms with van der Waals surface area (Å²) < 4.78 is 21.0. The highest BCUT2D eigenvalue weighted by Gasteiger charge is 2.16. The zero-order chi connectivity index (χ0) is 18.4. The molecule has 0 bridgehead atoms. The van der Waals surface area contributed by atoms with E-state index in [0.29, 0.717) is 28.6 Å². The van der Waals surface area contributed by atoms with Gasteiger partial charge < -0.3 is 24.1 Å². The van der Waals surface area contributed by atoms with Gasteiger partial charge in [0.2, 0.25) is 0 Å². The summed E-state index contributed by atoms with van der Waals surface area (Å²) in [6, 6.07) is 8.01. The van der Waals surface area contributed by atoms with Crippen LogP contribution in [-0.2, 0) is 0 Å². The summed E-state index contributed by atoms with van der Waals surface area (Å²) in [7, 11) is 6.00. The molecule has 0 atom stereocenters. The maximum atomic E-state index is 12.5. The average molecular weight is 344 g/mol. The fourth-order valence-electron chi connectivity index (χ4n) is 2.38. The molecule has 0 heterocycles. The molecule has 0 amide bonds. The third kappa shape index (κ3) is 3.85. The minimum atomic E-state index is -0.408. The molecule has 2 aromatic carbocycles. The molecule has 0 radical (unpaired) electrons. The number of ketones is 1. The molecule has 0 spiro atoms. The highest BCUT2D eigenvalue weighted by molar-refractivity contribution is 6.10. The van der Waals surface area contributed by atoms with Crippen LogP contribution in [0.1, 0.15) is 15.9 Å². The van der Waals surface area contributed by atoms with Crippen molar-refractivity contribution in [1.82, 2.24) is 0 Å². The number of carbonyl (C=O) groups is 1. The Bertz CT molecular complexity index is 769. The molecule has 6 heteroatoms. The van der Waals surface area contributed by atoms with Crippen LogP contribution in [0.3, 0.4) is 0 Å². The van der Waals surface area contributed by atoms with Gasteiger partial charge in [0, 0.05) is 12.1 Å². The highest BCUT2D eigenvalue weighted by atomic mass is 16.5. The maximum Gasteiger partial charge on any atom is 0.193 e. The number of rotatable bonds is 7. The lowest BCUT2D eigenvalue weighted by Crippen LogP contribution is -2.00. The van der Waals surface area contributed by atoms with Crippen molar-refractivity contribution in [2.24, 2.45) is 0 Å². The Balaban J connectivity index is 2.44. The summed E-state index contributed by atoms with van der Waals surface area (Å²) in [6.45, 7) is 0. The molecule has 0 aliphatic rings. The summed E-state index contributed by atoms with van der Waals surface area (Å²) in [6.07, 6.45) is 2.88. The first-order valence-electron chi connectivity index (χ1n) is 7.44. The summed E-state index contributed by atoms with van der Waals surface area (Å²) >= 11 is 0. The highest BCUT2D eigenvalue weighted by Crippen LogP contribution is 2.35. The lowest BCUT2D eigenvalue weighted by Gasteiger charge is -2.12. The normalized spacial score (nSPS) is 10.6. The van der Waals surface area contributed by atoms with Gasteiger partial charge >= 0.3 is 0 Å². The Morgan fingerprint density at radius 2 is 1.52 bits per heavy atom. The van der Waals surface area contributed by atoms with E-state index in [0.717, 1.165) is 0 Å². The number of hydrogen-bond acceptors (Lipinski definition) is 6. The molecule has 0 aliphatic carbocycles. The van der Waals surface area contributed by atoms with E-state index in [1.165, 1.54) is 40.6 Å². The van der Waals surface area contributed by atoms with E-state index < -0.39 is 5.78 Å². The van der Waals surface area contributed by atoms with Crippen molar-refractivity contribution in [3.8, 4) is 28.7 Å². The van der Waals surface area contributed by atoms with Crippen LogP contribution < -0.4 is 18.9 Å². The fourth-order valence-corrected chi connectivity index (χ4v) is 2.38. The topological polar surface area (TPSA) is 74.2 Å². The first-order valence-corrected chi connectivity index (χ1v) is 7.44. The SMILES string of the molecule is COc1cc(OC)c(/C=C/C(=O)c2c(O)cccc2OC)c(OC)c1. The Morgan fingerprint density at radius 3 is 2.04 bits per heavy atom. The van der Waals surface area contributed by atoms with Gasteiger partial charge in [-0.1, -0.05) is 6.07 Å². The monoisotopic (exact) mass is 344 g/mol. The number of aromatic hydroxyl groups is 1. The Morgan fingerprint density at radius 1 is 0.920 bits per heavy atom. The molecule has 132 valence electrons. The van der Waals surface area contributed by atoms with Gasteiger partial charge in [0.25, 0.3) is 0 Å². The van der Waals surface area contributed by atoms with Gasteiger partial charge in [0.1, 0.15) is 34.3 Å². The van der Waals surface area contributed by atoms with Crippen molar-refractivity contribution in [3.63, 3.8) is 0 Å². The third-order valence-corrected chi connectivity index (χ3v) is 3.63. The molecule has 2 rings (SSSR count). The second kappa shape index (κ2) is 8.10. The van der Waals surface area contributed by atoms with Gasteiger partial charge in [-0.2, -0.15) is 0 Å². The Kier molecular flexibility index (Phi) is 5.89. The molecule has 0 aliphatic heterocycles. The molecule has 0 fully saturated rings. The number of ether oxygens (including phenoxy) is 4. The Hall–Kier alpha value is -3.15. The largest absolute Gasteiger partial charge is 0.507 e. The molecule has 25 heavy (non-hydrogen) atoms. The number of carbonyl (C=O) groups excluding carboxylic acids is 1. The Labute approximate surface area is 146 Å². The molecule has 0 saturated carbocycles. The summed E-state index contributed by atoms with van der Waals surface area (Å²) in [4.78, 5) is 12.5. The number of allylic oxidation sites excluding steroid dienone is 1. The quantitative estimate of drug-likeness (QED) is 0.613. The van der Waals surface area contributed by atoms with E-state index in [1.54, 1.807) is 30.3 Å². The standard InChI is InChI=1S/C19H20O6/c1-22-12-10-17(24-3)13(18(11-12)25-4)8-9-15(21)19-14(20)6-5-7-16(19)23-2/h5-11,20H,1-4H3/b9-8+. The van der Waals surface area contributed by atoms with Crippen molar-refractivity contribution in [2.45, 2.75) is 0 Å². The van der Waals surface area contributed by atoms with Crippen LogP contribution in [0.25, 0.3) is 6.08 Å². The van der Waals surface area contributed by atoms with Gasteiger partial charge in [-0.25, -0.2) is 0 Å². The van der Waals surface area contributed by atoms with E-state index in [9.17, 15) is 9.90 Å². The molecule has 0 saturated heterocycles. The smallest absolute Gasteiger partial charge is 0.193 e. The molecule has 0 aromatic heterocycles. The third-order valence-electron chi connectivity index (χ3n) is 3.63. The number of phenolic OH excluding ortho intramolecular Hbond substituents is 1.